The van der Waals surface area contributed by atoms with Crippen LogP contribution in [0, 0.1) is 6.92 Å². The van der Waals surface area contributed by atoms with Crippen LogP contribution < -0.4 is 0 Å². The Morgan fingerprint density at radius 3 is 2.29 bits per heavy atom. The summed E-state index contributed by atoms with van der Waals surface area (Å²) in [6, 6.07) is 14.0. The fourth-order valence-corrected chi connectivity index (χ4v) is 2.13. The summed E-state index contributed by atoms with van der Waals surface area (Å²) in [5.41, 5.74) is 5.09. The smallest absolute Gasteiger partial charge is 0.115 e. The first-order valence-electron chi connectivity index (χ1n) is 6.09. The summed E-state index contributed by atoms with van der Waals surface area (Å²) >= 11 is 0. The summed E-state index contributed by atoms with van der Waals surface area (Å²) in [5.74, 6) is 0.314. The van der Waals surface area contributed by atoms with E-state index in [1.54, 1.807) is 12.1 Å². The summed E-state index contributed by atoms with van der Waals surface area (Å²) in [7, 11) is 0. The topological polar surface area (TPSA) is 20.2 Å². The molecule has 1 nitrogen and oxygen atoms in total. The lowest BCUT2D eigenvalue weighted by atomic mass is 9.97. The van der Waals surface area contributed by atoms with Crippen molar-refractivity contribution >= 4 is 0 Å². The second-order valence-electron chi connectivity index (χ2n) is 4.45. The highest BCUT2D eigenvalue weighted by atomic mass is 16.3. The summed E-state index contributed by atoms with van der Waals surface area (Å²) < 4.78 is 0. The monoisotopic (exact) mass is 226 g/mol. The first-order chi connectivity index (χ1) is 8.20. The number of hydrogen-bond donors (Lipinski definition) is 1. The van der Waals surface area contributed by atoms with Crippen molar-refractivity contribution in [2.75, 3.05) is 0 Å². The number of phenolic OH excluding ortho intramolecular Hbond substituents is 1. The number of aryl methyl sites for hydroxylation is 2. The molecule has 17 heavy (non-hydrogen) atoms. The van der Waals surface area contributed by atoms with Crippen LogP contribution in [-0.2, 0) is 6.42 Å². The molecule has 0 heterocycles. The van der Waals surface area contributed by atoms with Gasteiger partial charge in [0, 0.05) is 0 Å². The number of benzene rings is 2. The van der Waals surface area contributed by atoms with Gasteiger partial charge in [0.25, 0.3) is 0 Å². The van der Waals surface area contributed by atoms with Crippen molar-refractivity contribution in [2.24, 2.45) is 0 Å². The van der Waals surface area contributed by atoms with Crippen molar-refractivity contribution in [3.05, 3.63) is 53.6 Å². The van der Waals surface area contributed by atoms with Crippen LogP contribution in [0.15, 0.2) is 42.5 Å². The Morgan fingerprint density at radius 2 is 1.71 bits per heavy atom. The minimum atomic E-state index is 0.314. The molecule has 0 saturated carbocycles. The van der Waals surface area contributed by atoms with Crippen LogP contribution in [0.2, 0.25) is 0 Å². The Morgan fingerprint density at radius 1 is 1.00 bits per heavy atom. The first kappa shape index (κ1) is 11.7. The molecule has 0 saturated heterocycles. The average molecular weight is 226 g/mol. The van der Waals surface area contributed by atoms with Crippen molar-refractivity contribution in [1.29, 1.82) is 0 Å². The molecule has 0 aliphatic heterocycles. The largest absolute Gasteiger partial charge is 0.508 e. The van der Waals surface area contributed by atoms with Crippen molar-refractivity contribution < 1.29 is 5.11 Å². The first-order valence-corrected chi connectivity index (χ1v) is 6.09. The molecule has 0 aromatic heterocycles. The van der Waals surface area contributed by atoms with Gasteiger partial charge in [-0.3, -0.25) is 0 Å². The molecule has 2 rings (SSSR count). The minimum absolute atomic E-state index is 0.314. The Balaban J connectivity index is 2.36. The second-order valence-corrected chi connectivity index (χ2v) is 4.45. The van der Waals surface area contributed by atoms with Crippen LogP contribution in [0.25, 0.3) is 11.1 Å². The molecule has 1 N–H and O–H groups in total. The molecule has 0 amide bonds. The zero-order valence-corrected chi connectivity index (χ0v) is 10.4. The lowest BCUT2D eigenvalue weighted by Gasteiger charge is -2.08. The van der Waals surface area contributed by atoms with E-state index in [1.807, 2.05) is 12.1 Å². The predicted molar refractivity (Wildman–Crippen MR) is 72.3 cm³/mol. The van der Waals surface area contributed by atoms with Gasteiger partial charge in [-0.2, -0.15) is 0 Å². The Bertz CT molecular complexity index is 497. The van der Waals surface area contributed by atoms with Crippen LogP contribution in [0.5, 0.6) is 5.75 Å². The standard InChI is InChI=1S/C16H18O/c1-3-4-13-5-10-16(12(2)11-13)14-6-8-15(17)9-7-14/h5-11,17H,3-4H2,1-2H3. The van der Waals surface area contributed by atoms with Crippen LogP contribution in [0.3, 0.4) is 0 Å². The molecule has 1 heteroatoms. The summed E-state index contributed by atoms with van der Waals surface area (Å²) in [5, 5.41) is 9.29. The third-order valence-corrected chi connectivity index (χ3v) is 3.01. The zero-order valence-electron chi connectivity index (χ0n) is 10.4. The third-order valence-electron chi connectivity index (χ3n) is 3.01. The maximum absolute atomic E-state index is 9.29. The van der Waals surface area contributed by atoms with E-state index in [1.165, 1.54) is 23.1 Å². The highest BCUT2D eigenvalue weighted by Crippen LogP contribution is 2.26. The van der Waals surface area contributed by atoms with Crippen LogP contribution >= 0.6 is 0 Å². The highest BCUT2D eigenvalue weighted by Gasteiger charge is 2.02. The van der Waals surface area contributed by atoms with Gasteiger partial charge in [-0.15, -0.1) is 0 Å². The number of phenols is 1. The van der Waals surface area contributed by atoms with E-state index in [0.717, 1.165) is 12.0 Å². The summed E-state index contributed by atoms with van der Waals surface area (Å²) in [6.45, 7) is 4.34. The summed E-state index contributed by atoms with van der Waals surface area (Å²) in [4.78, 5) is 0. The van der Waals surface area contributed by atoms with Gasteiger partial charge >= 0.3 is 0 Å². The molecule has 0 unspecified atom stereocenters. The Kier molecular flexibility index (Phi) is 3.48. The van der Waals surface area contributed by atoms with Gasteiger partial charge in [0.1, 0.15) is 5.75 Å². The van der Waals surface area contributed by atoms with Gasteiger partial charge in [0.2, 0.25) is 0 Å². The highest BCUT2D eigenvalue weighted by molar-refractivity contribution is 5.68. The summed E-state index contributed by atoms with van der Waals surface area (Å²) in [6.07, 6.45) is 2.31. The van der Waals surface area contributed by atoms with Gasteiger partial charge in [-0.25, -0.2) is 0 Å². The van der Waals surface area contributed by atoms with E-state index in [9.17, 15) is 5.11 Å². The molecule has 0 atom stereocenters. The van der Waals surface area contributed by atoms with Gasteiger partial charge in [0.05, 0.1) is 0 Å². The maximum atomic E-state index is 9.29. The Hall–Kier alpha value is -1.76. The molecule has 0 aliphatic carbocycles. The fourth-order valence-electron chi connectivity index (χ4n) is 2.13. The van der Waals surface area contributed by atoms with Gasteiger partial charge in [0.15, 0.2) is 0 Å². The van der Waals surface area contributed by atoms with E-state index in [2.05, 4.69) is 32.0 Å². The molecule has 2 aromatic rings. The second kappa shape index (κ2) is 5.05. The van der Waals surface area contributed by atoms with Crippen molar-refractivity contribution in [1.82, 2.24) is 0 Å². The average Bonchev–Trinajstić information content (AvgIpc) is 2.31. The van der Waals surface area contributed by atoms with Crippen molar-refractivity contribution in [3.8, 4) is 16.9 Å². The van der Waals surface area contributed by atoms with Crippen LogP contribution in [0.1, 0.15) is 24.5 Å². The minimum Gasteiger partial charge on any atom is -0.508 e. The van der Waals surface area contributed by atoms with Crippen LogP contribution in [0.4, 0.5) is 0 Å². The normalized spacial score (nSPS) is 10.5. The van der Waals surface area contributed by atoms with E-state index < -0.39 is 0 Å². The van der Waals surface area contributed by atoms with E-state index in [4.69, 9.17) is 0 Å². The molecule has 0 aliphatic rings. The molecular weight excluding hydrogens is 208 g/mol. The molecular formula is C16H18O. The molecule has 0 spiro atoms. The SMILES string of the molecule is CCCc1ccc(-c2ccc(O)cc2)c(C)c1. The van der Waals surface area contributed by atoms with E-state index in [0.29, 0.717) is 5.75 Å². The Labute approximate surface area is 103 Å². The molecule has 0 radical (unpaired) electrons. The van der Waals surface area contributed by atoms with E-state index in [-0.39, 0.29) is 0 Å². The van der Waals surface area contributed by atoms with E-state index >= 15 is 0 Å². The quantitative estimate of drug-likeness (QED) is 0.826. The lowest BCUT2D eigenvalue weighted by molar-refractivity contribution is 0.475. The fraction of sp³-hybridized carbons (Fsp3) is 0.250. The van der Waals surface area contributed by atoms with Gasteiger partial charge in [-0.05, 0) is 47.7 Å². The molecule has 88 valence electrons. The third kappa shape index (κ3) is 2.68. The lowest BCUT2D eigenvalue weighted by Crippen LogP contribution is -1.88. The zero-order chi connectivity index (χ0) is 12.3. The maximum Gasteiger partial charge on any atom is 0.115 e. The number of aromatic hydroxyl groups is 1. The van der Waals surface area contributed by atoms with Gasteiger partial charge < -0.3 is 5.11 Å². The molecule has 0 fully saturated rings. The van der Waals surface area contributed by atoms with Gasteiger partial charge in [-0.1, -0.05) is 43.7 Å². The number of rotatable bonds is 3. The molecule has 0 bridgehead atoms. The predicted octanol–water partition coefficient (Wildman–Crippen LogP) is 4.32. The van der Waals surface area contributed by atoms with Crippen LogP contribution in [-0.4, -0.2) is 5.11 Å². The van der Waals surface area contributed by atoms with Crippen molar-refractivity contribution in [2.45, 2.75) is 26.7 Å². The van der Waals surface area contributed by atoms with Crippen molar-refractivity contribution in [3.63, 3.8) is 0 Å². The number of hydrogen-bond acceptors (Lipinski definition) is 1. The molecule has 2 aromatic carbocycles.